The van der Waals surface area contributed by atoms with Crippen LogP contribution in [-0.2, 0) is 14.8 Å². The minimum absolute atomic E-state index is 0.0152. The molecule has 0 saturated carbocycles. The van der Waals surface area contributed by atoms with Gasteiger partial charge in [-0.25, -0.2) is 13.1 Å². The number of ether oxygens (including phenoxy) is 1. The number of hydrogen-bond acceptors (Lipinski definition) is 4. The van der Waals surface area contributed by atoms with Crippen molar-refractivity contribution in [2.24, 2.45) is 0 Å². The van der Waals surface area contributed by atoms with Gasteiger partial charge in [0.15, 0.2) is 0 Å². The molecule has 0 aromatic heterocycles. The van der Waals surface area contributed by atoms with Crippen molar-refractivity contribution < 1.29 is 13.2 Å². The molecule has 6 heteroatoms. The van der Waals surface area contributed by atoms with Gasteiger partial charge in [0.25, 0.3) is 0 Å². The van der Waals surface area contributed by atoms with Crippen LogP contribution in [0.1, 0.15) is 33.6 Å². The molecule has 2 atom stereocenters. The largest absolute Gasteiger partial charge is 0.377 e. The van der Waals surface area contributed by atoms with Crippen LogP contribution < -0.4 is 10.0 Å². The Labute approximate surface area is 104 Å². The molecule has 0 spiro atoms. The number of sulfonamides is 1. The second-order valence-corrected chi connectivity index (χ2v) is 6.74. The molecule has 1 aliphatic heterocycles. The number of hydrogen-bond donors (Lipinski definition) is 2. The van der Waals surface area contributed by atoms with Gasteiger partial charge in [-0.2, -0.15) is 0 Å². The van der Waals surface area contributed by atoms with Gasteiger partial charge in [-0.15, -0.1) is 0 Å². The Morgan fingerprint density at radius 3 is 2.65 bits per heavy atom. The third kappa shape index (κ3) is 5.81. The lowest BCUT2D eigenvalue weighted by molar-refractivity contribution is 0.117. The summed E-state index contributed by atoms with van der Waals surface area (Å²) in [6, 6.07) is 0.340. The minimum atomic E-state index is -3.17. The molecule has 2 N–H and O–H groups in total. The summed E-state index contributed by atoms with van der Waals surface area (Å²) >= 11 is 0. The van der Waals surface area contributed by atoms with E-state index < -0.39 is 10.0 Å². The average Bonchev–Trinajstić information content (AvgIpc) is 2.58. The Bertz CT molecular complexity index is 317. The third-order valence-electron chi connectivity index (χ3n) is 2.85. The van der Waals surface area contributed by atoms with E-state index in [0.29, 0.717) is 19.1 Å². The van der Waals surface area contributed by atoms with E-state index in [9.17, 15) is 8.42 Å². The van der Waals surface area contributed by atoms with Gasteiger partial charge in [-0.05, 0) is 26.3 Å². The molecule has 5 nitrogen and oxygen atoms in total. The molecule has 1 fully saturated rings. The first kappa shape index (κ1) is 14.9. The predicted octanol–water partition coefficient (Wildman–Crippen LogP) is 0.471. The molecule has 0 aliphatic carbocycles. The zero-order chi connectivity index (χ0) is 12.9. The van der Waals surface area contributed by atoms with E-state index in [4.69, 9.17) is 4.74 Å². The maximum Gasteiger partial charge on any atom is 0.211 e. The van der Waals surface area contributed by atoms with Crippen LogP contribution in [0.4, 0.5) is 0 Å². The van der Waals surface area contributed by atoms with E-state index >= 15 is 0 Å². The van der Waals surface area contributed by atoms with Gasteiger partial charge < -0.3 is 10.1 Å². The first-order valence-electron chi connectivity index (χ1n) is 6.26. The highest BCUT2D eigenvalue weighted by atomic mass is 32.2. The first-order valence-corrected chi connectivity index (χ1v) is 7.91. The van der Waals surface area contributed by atoms with Crippen molar-refractivity contribution in [1.29, 1.82) is 0 Å². The predicted molar refractivity (Wildman–Crippen MR) is 68.5 cm³/mol. The summed E-state index contributed by atoms with van der Waals surface area (Å²) in [7, 11) is -3.17. The van der Waals surface area contributed by atoms with Crippen molar-refractivity contribution in [3.8, 4) is 0 Å². The molecule has 0 bridgehead atoms. The standard InChI is InChI=1S/C11H24N2O3S/c1-9(2)12-6-4-8-17(14,15)13-11-5-7-16-10(11)3/h9-13H,4-8H2,1-3H3. The van der Waals surface area contributed by atoms with Gasteiger partial charge in [0.1, 0.15) is 0 Å². The third-order valence-corrected chi connectivity index (χ3v) is 4.34. The van der Waals surface area contributed by atoms with Crippen LogP contribution in [0.15, 0.2) is 0 Å². The van der Waals surface area contributed by atoms with Gasteiger partial charge in [0.05, 0.1) is 11.9 Å². The lowest BCUT2D eigenvalue weighted by Gasteiger charge is -2.16. The van der Waals surface area contributed by atoms with E-state index in [0.717, 1.165) is 13.0 Å². The topological polar surface area (TPSA) is 67.4 Å². The Hall–Kier alpha value is -0.170. The maximum absolute atomic E-state index is 11.8. The highest BCUT2D eigenvalue weighted by molar-refractivity contribution is 7.89. The van der Waals surface area contributed by atoms with Crippen molar-refractivity contribution in [2.75, 3.05) is 18.9 Å². The van der Waals surface area contributed by atoms with Crippen molar-refractivity contribution in [3.63, 3.8) is 0 Å². The quantitative estimate of drug-likeness (QED) is 0.656. The Kier molecular flexibility index (Phi) is 5.85. The smallest absolute Gasteiger partial charge is 0.211 e. The molecule has 0 radical (unpaired) electrons. The minimum Gasteiger partial charge on any atom is -0.377 e. The van der Waals surface area contributed by atoms with E-state index in [1.165, 1.54) is 0 Å². The van der Waals surface area contributed by atoms with E-state index in [1.54, 1.807) is 0 Å². The summed E-state index contributed by atoms with van der Waals surface area (Å²) in [5.74, 6) is 0.177. The van der Waals surface area contributed by atoms with Crippen LogP contribution in [0, 0.1) is 0 Å². The molecular weight excluding hydrogens is 240 g/mol. The summed E-state index contributed by atoms with van der Waals surface area (Å²) in [5, 5.41) is 3.20. The maximum atomic E-state index is 11.8. The van der Waals surface area contributed by atoms with Gasteiger partial charge in [-0.3, -0.25) is 0 Å². The van der Waals surface area contributed by atoms with Gasteiger partial charge in [0, 0.05) is 18.7 Å². The summed E-state index contributed by atoms with van der Waals surface area (Å²) < 4.78 is 31.6. The molecule has 1 heterocycles. The molecule has 0 amide bonds. The van der Waals surface area contributed by atoms with Crippen molar-refractivity contribution in [3.05, 3.63) is 0 Å². The molecule has 2 unspecified atom stereocenters. The lowest BCUT2D eigenvalue weighted by atomic mass is 10.2. The van der Waals surface area contributed by atoms with Crippen LogP contribution in [0.25, 0.3) is 0 Å². The molecule has 17 heavy (non-hydrogen) atoms. The fraction of sp³-hybridized carbons (Fsp3) is 1.00. The van der Waals surface area contributed by atoms with E-state index in [2.05, 4.69) is 10.0 Å². The monoisotopic (exact) mass is 264 g/mol. The number of rotatable bonds is 7. The van der Waals surface area contributed by atoms with Gasteiger partial charge in [0.2, 0.25) is 10.0 Å². The Morgan fingerprint density at radius 1 is 1.41 bits per heavy atom. The van der Waals surface area contributed by atoms with Gasteiger partial charge >= 0.3 is 0 Å². The van der Waals surface area contributed by atoms with Crippen LogP contribution >= 0.6 is 0 Å². The van der Waals surface area contributed by atoms with E-state index in [-0.39, 0.29) is 17.9 Å². The molecule has 1 saturated heterocycles. The summed E-state index contributed by atoms with van der Waals surface area (Å²) in [6.07, 6.45) is 1.39. The Balaban J connectivity index is 2.26. The molecule has 1 rings (SSSR count). The molecule has 102 valence electrons. The normalized spacial score (nSPS) is 25.6. The van der Waals surface area contributed by atoms with Crippen LogP contribution in [0.5, 0.6) is 0 Å². The second kappa shape index (κ2) is 6.68. The summed E-state index contributed by atoms with van der Waals surface area (Å²) in [5.41, 5.74) is 0. The van der Waals surface area contributed by atoms with Crippen molar-refractivity contribution in [1.82, 2.24) is 10.0 Å². The highest BCUT2D eigenvalue weighted by Crippen LogP contribution is 2.13. The number of nitrogens with one attached hydrogen (secondary N) is 2. The van der Waals surface area contributed by atoms with Crippen LogP contribution in [0.2, 0.25) is 0 Å². The van der Waals surface area contributed by atoms with Gasteiger partial charge in [-0.1, -0.05) is 13.8 Å². The van der Waals surface area contributed by atoms with Crippen LogP contribution in [-0.4, -0.2) is 45.5 Å². The fourth-order valence-corrected chi connectivity index (χ4v) is 3.24. The molecule has 1 aliphatic rings. The van der Waals surface area contributed by atoms with Crippen molar-refractivity contribution >= 4 is 10.0 Å². The average molecular weight is 264 g/mol. The van der Waals surface area contributed by atoms with Crippen molar-refractivity contribution in [2.45, 2.75) is 51.8 Å². The lowest BCUT2D eigenvalue weighted by Crippen LogP contribution is -2.40. The van der Waals surface area contributed by atoms with Crippen LogP contribution in [0.3, 0.4) is 0 Å². The second-order valence-electron chi connectivity index (χ2n) is 4.87. The fourth-order valence-electron chi connectivity index (χ4n) is 1.83. The Morgan fingerprint density at radius 2 is 2.12 bits per heavy atom. The molecular formula is C11H24N2O3S. The first-order chi connectivity index (χ1) is 7.91. The molecule has 0 aromatic rings. The summed E-state index contributed by atoms with van der Waals surface area (Å²) in [6.45, 7) is 7.37. The zero-order valence-electron chi connectivity index (χ0n) is 10.9. The van der Waals surface area contributed by atoms with E-state index in [1.807, 2.05) is 20.8 Å². The zero-order valence-corrected chi connectivity index (χ0v) is 11.7. The SMILES string of the molecule is CC(C)NCCCS(=O)(=O)NC1CCOC1C. The highest BCUT2D eigenvalue weighted by Gasteiger charge is 2.27. The summed E-state index contributed by atoms with van der Waals surface area (Å²) in [4.78, 5) is 0. The molecule has 0 aromatic carbocycles.